The Kier molecular flexibility index (Phi) is 5.55. The first-order valence-electron chi connectivity index (χ1n) is 8.47. The summed E-state index contributed by atoms with van der Waals surface area (Å²) in [5.41, 5.74) is 0.958. The zero-order valence-electron chi connectivity index (χ0n) is 13.9. The molecule has 1 saturated carbocycles. The molecule has 0 bridgehead atoms. The van der Waals surface area contributed by atoms with Crippen molar-refractivity contribution < 1.29 is 17.6 Å². The minimum absolute atomic E-state index is 0.0569. The van der Waals surface area contributed by atoms with Gasteiger partial charge < -0.3 is 9.73 Å². The maximum absolute atomic E-state index is 12.4. The molecule has 1 aromatic carbocycles. The minimum Gasteiger partial charge on any atom is -0.459 e. The Morgan fingerprint density at radius 2 is 1.84 bits per heavy atom. The lowest BCUT2D eigenvalue weighted by Gasteiger charge is -2.13. The van der Waals surface area contributed by atoms with Crippen molar-refractivity contribution in [2.24, 2.45) is 0 Å². The molecule has 0 aliphatic heterocycles. The van der Waals surface area contributed by atoms with Gasteiger partial charge in [-0.3, -0.25) is 4.79 Å². The van der Waals surface area contributed by atoms with Crippen LogP contribution < -0.4 is 10.0 Å². The Labute approximate surface area is 147 Å². The van der Waals surface area contributed by atoms with Crippen LogP contribution in [-0.4, -0.2) is 26.9 Å². The second-order valence-corrected chi connectivity index (χ2v) is 7.94. The zero-order chi connectivity index (χ0) is 17.7. The van der Waals surface area contributed by atoms with E-state index >= 15 is 0 Å². The molecule has 134 valence electrons. The molecular formula is C18H22N2O4S. The first-order chi connectivity index (χ1) is 12.0. The van der Waals surface area contributed by atoms with E-state index in [9.17, 15) is 13.2 Å². The van der Waals surface area contributed by atoms with Crippen molar-refractivity contribution >= 4 is 15.9 Å². The molecule has 25 heavy (non-hydrogen) atoms. The van der Waals surface area contributed by atoms with Crippen molar-refractivity contribution in [3.05, 3.63) is 54.0 Å². The SMILES string of the molecule is O=C(NCCc1ccc(S(=O)(=O)NC2CCCC2)cc1)c1ccco1. The number of carbonyl (C=O) groups is 1. The van der Waals surface area contributed by atoms with Gasteiger partial charge in [-0.2, -0.15) is 0 Å². The van der Waals surface area contributed by atoms with Crippen molar-refractivity contribution in [3.8, 4) is 0 Å². The molecular weight excluding hydrogens is 340 g/mol. The number of carbonyl (C=O) groups excluding carboxylic acids is 1. The van der Waals surface area contributed by atoms with E-state index in [1.165, 1.54) is 6.26 Å². The van der Waals surface area contributed by atoms with Gasteiger partial charge in [0.2, 0.25) is 10.0 Å². The smallest absolute Gasteiger partial charge is 0.286 e. The van der Waals surface area contributed by atoms with Crippen LogP contribution in [0.5, 0.6) is 0 Å². The van der Waals surface area contributed by atoms with E-state index in [0.29, 0.717) is 13.0 Å². The first-order valence-corrected chi connectivity index (χ1v) is 9.96. The zero-order valence-corrected chi connectivity index (χ0v) is 14.7. The van der Waals surface area contributed by atoms with Crippen molar-refractivity contribution in [1.82, 2.24) is 10.0 Å². The van der Waals surface area contributed by atoms with Crippen LogP contribution in [0, 0.1) is 0 Å². The number of nitrogens with one attached hydrogen (secondary N) is 2. The number of hydrogen-bond donors (Lipinski definition) is 2. The van der Waals surface area contributed by atoms with Crippen LogP contribution in [0.1, 0.15) is 41.8 Å². The second kappa shape index (κ2) is 7.84. The van der Waals surface area contributed by atoms with Crippen molar-refractivity contribution in [3.63, 3.8) is 0 Å². The van der Waals surface area contributed by atoms with Crippen LogP contribution in [0.15, 0.2) is 52.0 Å². The van der Waals surface area contributed by atoms with E-state index in [1.54, 1.807) is 36.4 Å². The summed E-state index contributed by atoms with van der Waals surface area (Å²) in [4.78, 5) is 12.0. The summed E-state index contributed by atoms with van der Waals surface area (Å²) in [5.74, 6) is 0.0180. The van der Waals surface area contributed by atoms with Gasteiger partial charge in [0.1, 0.15) is 0 Å². The fourth-order valence-electron chi connectivity index (χ4n) is 2.98. The summed E-state index contributed by atoms with van der Waals surface area (Å²) in [5, 5.41) is 2.76. The van der Waals surface area contributed by atoms with Crippen LogP contribution in [-0.2, 0) is 16.4 Å². The monoisotopic (exact) mass is 362 g/mol. The number of amides is 1. The van der Waals surface area contributed by atoms with E-state index in [4.69, 9.17) is 4.42 Å². The Hall–Kier alpha value is -2.12. The molecule has 0 radical (unpaired) electrons. The Balaban J connectivity index is 1.52. The average Bonchev–Trinajstić information content (AvgIpc) is 3.28. The lowest BCUT2D eigenvalue weighted by atomic mass is 10.1. The maximum Gasteiger partial charge on any atom is 0.286 e. The second-order valence-electron chi connectivity index (χ2n) is 6.23. The summed E-state index contributed by atoms with van der Waals surface area (Å²) in [7, 11) is -3.46. The molecule has 1 fully saturated rings. The van der Waals surface area contributed by atoms with E-state index in [2.05, 4.69) is 10.0 Å². The fraction of sp³-hybridized carbons (Fsp3) is 0.389. The van der Waals surface area contributed by atoms with Gasteiger partial charge in [-0.15, -0.1) is 0 Å². The van der Waals surface area contributed by atoms with Gasteiger partial charge in [0, 0.05) is 12.6 Å². The third-order valence-corrected chi connectivity index (χ3v) is 5.89. The molecule has 6 nitrogen and oxygen atoms in total. The molecule has 0 saturated heterocycles. The molecule has 1 amide bonds. The van der Waals surface area contributed by atoms with E-state index in [0.717, 1.165) is 31.2 Å². The molecule has 1 heterocycles. The maximum atomic E-state index is 12.4. The van der Waals surface area contributed by atoms with E-state index in [-0.39, 0.29) is 22.6 Å². The van der Waals surface area contributed by atoms with Gasteiger partial charge in [-0.25, -0.2) is 13.1 Å². The molecule has 1 aliphatic carbocycles. The topological polar surface area (TPSA) is 88.4 Å². The normalized spacial score (nSPS) is 15.4. The van der Waals surface area contributed by atoms with Gasteiger partial charge in [0.25, 0.3) is 5.91 Å². The summed E-state index contributed by atoms with van der Waals surface area (Å²) in [6.45, 7) is 0.450. The molecule has 1 aliphatic rings. The molecule has 0 unspecified atom stereocenters. The predicted octanol–water partition coefficient (Wildman–Crippen LogP) is 2.47. The lowest BCUT2D eigenvalue weighted by Crippen LogP contribution is -2.32. The Morgan fingerprint density at radius 3 is 2.48 bits per heavy atom. The highest BCUT2D eigenvalue weighted by Crippen LogP contribution is 2.20. The molecule has 0 spiro atoms. The van der Waals surface area contributed by atoms with Gasteiger partial charge >= 0.3 is 0 Å². The Morgan fingerprint density at radius 1 is 1.12 bits per heavy atom. The van der Waals surface area contributed by atoms with Crippen LogP contribution in [0.4, 0.5) is 0 Å². The highest BCUT2D eigenvalue weighted by Gasteiger charge is 2.22. The molecule has 1 aromatic heterocycles. The van der Waals surface area contributed by atoms with Crippen molar-refractivity contribution in [2.45, 2.75) is 43.0 Å². The number of sulfonamides is 1. The summed E-state index contributed by atoms with van der Waals surface area (Å²) in [6.07, 6.45) is 6.04. The predicted molar refractivity (Wildman–Crippen MR) is 93.8 cm³/mol. The average molecular weight is 362 g/mol. The molecule has 7 heteroatoms. The number of furan rings is 1. The highest BCUT2D eigenvalue weighted by atomic mass is 32.2. The number of benzene rings is 1. The molecule has 2 N–H and O–H groups in total. The van der Waals surface area contributed by atoms with E-state index in [1.807, 2.05) is 0 Å². The Bertz CT molecular complexity index is 792. The van der Waals surface area contributed by atoms with Crippen molar-refractivity contribution in [2.75, 3.05) is 6.54 Å². The largest absolute Gasteiger partial charge is 0.459 e. The highest BCUT2D eigenvalue weighted by molar-refractivity contribution is 7.89. The lowest BCUT2D eigenvalue weighted by molar-refractivity contribution is 0.0926. The number of hydrogen-bond acceptors (Lipinski definition) is 4. The van der Waals surface area contributed by atoms with Gasteiger partial charge in [0.15, 0.2) is 5.76 Å². The standard InChI is InChI=1S/C18H22N2O4S/c21-18(17-6-3-13-24-17)19-12-11-14-7-9-16(10-8-14)25(22,23)20-15-4-1-2-5-15/h3,6-10,13,15,20H,1-2,4-5,11-12H2,(H,19,21). The van der Waals surface area contributed by atoms with Gasteiger partial charge in [0.05, 0.1) is 11.2 Å². The van der Waals surface area contributed by atoms with Crippen LogP contribution in [0.25, 0.3) is 0 Å². The van der Waals surface area contributed by atoms with Crippen LogP contribution in [0.2, 0.25) is 0 Å². The quantitative estimate of drug-likeness (QED) is 0.792. The molecule has 2 aromatic rings. The summed E-state index contributed by atoms with van der Waals surface area (Å²) in [6, 6.07) is 10.1. The van der Waals surface area contributed by atoms with Gasteiger partial charge in [-0.1, -0.05) is 25.0 Å². The summed E-state index contributed by atoms with van der Waals surface area (Å²) >= 11 is 0. The third kappa shape index (κ3) is 4.70. The minimum atomic E-state index is -3.46. The fourth-order valence-corrected chi connectivity index (χ4v) is 4.29. The third-order valence-electron chi connectivity index (χ3n) is 4.35. The van der Waals surface area contributed by atoms with Crippen LogP contribution >= 0.6 is 0 Å². The molecule has 3 rings (SSSR count). The summed E-state index contributed by atoms with van der Waals surface area (Å²) < 4.78 is 32.5. The van der Waals surface area contributed by atoms with Crippen molar-refractivity contribution in [1.29, 1.82) is 0 Å². The van der Waals surface area contributed by atoms with Crippen LogP contribution in [0.3, 0.4) is 0 Å². The molecule has 0 atom stereocenters. The van der Waals surface area contributed by atoms with Gasteiger partial charge in [-0.05, 0) is 49.1 Å². The number of rotatable bonds is 7. The van der Waals surface area contributed by atoms with E-state index < -0.39 is 10.0 Å². The first kappa shape index (κ1) is 17.7.